The van der Waals surface area contributed by atoms with E-state index < -0.39 is 39.0 Å². The Morgan fingerprint density at radius 2 is 1.79 bits per heavy atom. The molecule has 0 saturated heterocycles. The molecule has 3 heterocycles. The van der Waals surface area contributed by atoms with E-state index in [2.05, 4.69) is 19.8 Å². The van der Waals surface area contributed by atoms with Gasteiger partial charge >= 0.3 is 0 Å². The van der Waals surface area contributed by atoms with Gasteiger partial charge in [-0.25, -0.2) is 31.3 Å². The zero-order chi connectivity index (χ0) is 28.1. The van der Waals surface area contributed by atoms with Gasteiger partial charge in [-0.05, 0) is 42.8 Å². The number of carbonyl (C=O) groups is 1. The van der Waals surface area contributed by atoms with E-state index in [-0.39, 0.29) is 28.6 Å². The van der Waals surface area contributed by atoms with Gasteiger partial charge in [0.15, 0.2) is 11.6 Å². The van der Waals surface area contributed by atoms with Crippen molar-refractivity contribution in [3.63, 3.8) is 0 Å². The second-order valence-electron chi connectivity index (χ2n) is 8.62. The van der Waals surface area contributed by atoms with Crippen LogP contribution >= 0.6 is 0 Å². The van der Waals surface area contributed by atoms with Gasteiger partial charge in [0, 0.05) is 17.0 Å². The standard InChI is InChI=1S/C25H19F3N6O4S/c1-12-6-22(38-24-15(26)4-3-5-16(24)27)30-11-21(12)34-25(29)14(10-31-34)23(35)20-8-13-7-17(28)19(9-18(13)32-20)33-39(2,36)37/h3-11,32-33H,29H2,1-2H3. The number of hydrogen-bond donors (Lipinski definition) is 3. The first kappa shape index (κ1) is 25.8. The molecule has 0 radical (unpaired) electrons. The topological polar surface area (TPSA) is 145 Å². The first-order valence-corrected chi connectivity index (χ1v) is 13.1. The molecule has 14 heteroatoms. The Bertz CT molecular complexity index is 1860. The highest BCUT2D eigenvalue weighted by Crippen LogP contribution is 2.30. The maximum atomic E-state index is 14.4. The molecule has 0 aliphatic carbocycles. The number of anilines is 2. The molecular formula is C25H19F3N6O4S. The summed E-state index contributed by atoms with van der Waals surface area (Å²) in [5.74, 6) is -3.83. The van der Waals surface area contributed by atoms with E-state index in [0.717, 1.165) is 24.5 Å². The lowest BCUT2D eigenvalue weighted by Gasteiger charge is -2.11. The highest BCUT2D eigenvalue weighted by Gasteiger charge is 2.22. The number of H-pyrrole nitrogens is 1. The van der Waals surface area contributed by atoms with Crippen LogP contribution in [-0.2, 0) is 10.0 Å². The molecule has 0 aliphatic rings. The molecule has 5 rings (SSSR count). The van der Waals surface area contributed by atoms with E-state index in [1.54, 1.807) is 6.92 Å². The fraction of sp³-hybridized carbons (Fsp3) is 0.0800. The van der Waals surface area contributed by atoms with Crippen molar-refractivity contribution in [2.24, 2.45) is 0 Å². The van der Waals surface area contributed by atoms with E-state index >= 15 is 0 Å². The molecule has 0 unspecified atom stereocenters. The quantitative estimate of drug-likeness (QED) is 0.251. The third kappa shape index (κ3) is 5.01. The van der Waals surface area contributed by atoms with Crippen LogP contribution in [0.25, 0.3) is 16.6 Å². The number of aryl methyl sites for hydroxylation is 1. The van der Waals surface area contributed by atoms with Crippen molar-refractivity contribution in [1.82, 2.24) is 19.7 Å². The average Bonchev–Trinajstić information content (AvgIpc) is 3.44. The van der Waals surface area contributed by atoms with Gasteiger partial charge in [-0.2, -0.15) is 5.10 Å². The number of aromatic amines is 1. The Hall–Kier alpha value is -4.85. The molecule has 4 N–H and O–H groups in total. The van der Waals surface area contributed by atoms with Crippen molar-refractivity contribution in [1.29, 1.82) is 0 Å². The minimum atomic E-state index is -3.72. The first-order chi connectivity index (χ1) is 18.4. The molecule has 2 aromatic carbocycles. The summed E-state index contributed by atoms with van der Waals surface area (Å²) in [6, 6.07) is 8.48. The SMILES string of the molecule is Cc1cc(Oc2c(F)cccc2F)ncc1-n1ncc(C(=O)c2cc3cc(F)c(NS(C)(=O)=O)cc3[nH]2)c1N. The maximum absolute atomic E-state index is 14.4. The van der Waals surface area contributed by atoms with Crippen LogP contribution in [0, 0.1) is 24.4 Å². The van der Waals surface area contributed by atoms with Gasteiger partial charge in [0.25, 0.3) is 0 Å². The molecule has 0 bridgehead atoms. The minimum Gasteiger partial charge on any atom is -0.433 e. The third-order valence-corrected chi connectivity index (χ3v) is 6.30. The second kappa shape index (κ2) is 9.47. The summed E-state index contributed by atoms with van der Waals surface area (Å²) in [5.41, 5.74) is 7.28. The summed E-state index contributed by atoms with van der Waals surface area (Å²) >= 11 is 0. The summed E-state index contributed by atoms with van der Waals surface area (Å²) in [4.78, 5) is 20.1. The number of nitrogen functional groups attached to an aromatic ring is 1. The Balaban J connectivity index is 1.43. The van der Waals surface area contributed by atoms with Gasteiger partial charge in [0.05, 0.1) is 41.3 Å². The summed E-state index contributed by atoms with van der Waals surface area (Å²) < 4.78 is 73.8. The van der Waals surface area contributed by atoms with E-state index in [1.165, 1.54) is 41.3 Å². The fourth-order valence-corrected chi connectivity index (χ4v) is 4.46. The van der Waals surface area contributed by atoms with Crippen LogP contribution < -0.4 is 15.2 Å². The lowest BCUT2D eigenvalue weighted by molar-refractivity contribution is 0.103. The van der Waals surface area contributed by atoms with Crippen LogP contribution in [-0.4, -0.2) is 40.2 Å². The number of pyridine rings is 1. The Morgan fingerprint density at radius 1 is 1.08 bits per heavy atom. The third-order valence-electron chi connectivity index (χ3n) is 5.71. The summed E-state index contributed by atoms with van der Waals surface area (Å²) in [5, 5.41) is 4.51. The number of hydrogen-bond acceptors (Lipinski definition) is 7. The van der Waals surface area contributed by atoms with Crippen LogP contribution in [0.4, 0.5) is 24.7 Å². The Kier molecular flexibility index (Phi) is 6.26. The van der Waals surface area contributed by atoms with E-state index in [4.69, 9.17) is 10.5 Å². The smallest absolute Gasteiger partial charge is 0.229 e. The summed E-state index contributed by atoms with van der Waals surface area (Å²) in [6.07, 6.45) is 3.46. The molecular weight excluding hydrogens is 537 g/mol. The van der Waals surface area contributed by atoms with Gasteiger partial charge in [0.1, 0.15) is 11.6 Å². The zero-order valence-corrected chi connectivity index (χ0v) is 21.1. The predicted octanol–water partition coefficient (Wildman–Crippen LogP) is 4.45. The molecule has 39 heavy (non-hydrogen) atoms. The first-order valence-electron chi connectivity index (χ1n) is 11.2. The molecule has 0 amide bonds. The van der Waals surface area contributed by atoms with Gasteiger partial charge in [-0.15, -0.1) is 0 Å². The molecule has 200 valence electrons. The van der Waals surface area contributed by atoms with Crippen molar-refractivity contribution in [3.8, 4) is 17.3 Å². The number of nitrogens with two attached hydrogens (primary N) is 1. The number of benzene rings is 2. The van der Waals surface area contributed by atoms with Gasteiger partial charge < -0.3 is 15.5 Å². The van der Waals surface area contributed by atoms with Crippen LogP contribution in [0.15, 0.2) is 54.9 Å². The fourth-order valence-electron chi connectivity index (χ4n) is 3.91. The second-order valence-corrected chi connectivity index (χ2v) is 10.4. The Labute approximate surface area is 219 Å². The number of sulfonamides is 1. The number of para-hydroxylation sites is 1. The van der Waals surface area contributed by atoms with Crippen LogP contribution in [0.5, 0.6) is 11.6 Å². The van der Waals surface area contributed by atoms with Crippen molar-refractivity contribution >= 4 is 38.2 Å². The number of fused-ring (bicyclic) bond motifs is 1. The number of nitrogens with one attached hydrogen (secondary N) is 2. The average molecular weight is 557 g/mol. The molecule has 0 spiro atoms. The lowest BCUT2D eigenvalue weighted by Crippen LogP contribution is -2.10. The molecule has 0 aliphatic heterocycles. The zero-order valence-electron chi connectivity index (χ0n) is 20.3. The molecule has 0 atom stereocenters. The van der Waals surface area contributed by atoms with Crippen molar-refractivity contribution in [2.75, 3.05) is 16.7 Å². The lowest BCUT2D eigenvalue weighted by atomic mass is 10.1. The van der Waals surface area contributed by atoms with Crippen LogP contribution in [0.3, 0.4) is 0 Å². The number of rotatable bonds is 7. The van der Waals surface area contributed by atoms with E-state index in [1.807, 2.05) is 0 Å². The van der Waals surface area contributed by atoms with Crippen LogP contribution in [0.2, 0.25) is 0 Å². The van der Waals surface area contributed by atoms with E-state index in [0.29, 0.717) is 22.2 Å². The number of nitrogens with zero attached hydrogens (tertiary/aromatic N) is 3. The number of ether oxygens (including phenoxy) is 1. The summed E-state index contributed by atoms with van der Waals surface area (Å²) in [7, 11) is -3.72. The highest BCUT2D eigenvalue weighted by molar-refractivity contribution is 7.92. The largest absolute Gasteiger partial charge is 0.433 e. The van der Waals surface area contributed by atoms with Gasteiger partial charge in [-0.3, -0.25) is 9.52 Å². The number of carbonyl (C=O) groups excluding carboxylic acids is 1. The van der Waals surface area contributed by atoms with E-state index in [9.17, 15) is 26.4 Å². The molecule has 5 aromatic rings. The predicted molar refractivity (Wildman–Crippen MR) is 137 cm³/mol. The van der Waals surface area contributed by atoms with Crippen molar-refractivity contribution in [3.05, 3.63) is 89.1 Å². The summed E-state index contributed by atoms with van der Waals surface area (Å²) in [6.45, 7) is 1.67. The van der Waals surface area contributed by atoms with Crippen LogP contribution in [0.1, 0.15) is 21.6 Å². The normalized spacial score (nSPS) is 11.6. The molecule has 3 aromatic heterocycles. The minimum absolute atomic E-state index is 0.0250. The number of halogens is 3. The number of aromatic nitrogens is 4. The monoisotopic (exact) mass is 556 g/mol. The molecule has 0 fully saturated rings. The van der Waals surface area contributed by atoms with Crippen molar-refractivity contribution < 1.29 is 31.1 Å². The van der Waals surface area contributed by atoms with Gasteiger partial charge in [-0.1, -0.05) is 6.07 Å². The molecule has 10 nitrogen and oxygen atoms in total. The number of ketones is 1. The Morgan fingerprint density at radius 3 is 2.46 bits per heavy atom. The van der Waals surface area contributed by atoms with Gasteiger partial charge in [0.2, 0.25) is 27.4 Å². The highest BCUT2D eigenvalue weighted by atomic mass is 32.2. The molecule has 0 saturated carbocycles. The maximum Gasteiger partial charge on any atom is 0.229 e. The van der Waals surface area contributed by atoms with Crippen molar-refractivity contribution in [2.45, 2.75) is 6.92 Å².